The van der Waals surface area contributed by atoms with Crippen molar-refractivity contribution < 1.29 is 13.9 Å². The maximum Gasteiger partial charge on any atom is 0.255 e. The number of para-hydroxylation sites is 2. The topological polar surface area (TPSA) is 70.8 Å². The van der Waals surface area contributed by atoms with Crippen LogP contribution >= 0.6 is 0 Å². The number of anilines is 2. The zero-order chi connectivity index (χ0) is 20.1. The van der Waals surface area contributed by atoms with E-state index in [0.29, 0.717) is 25.2 Å². The molecule has 0 unspecified atom stereocenters. The highest BCUT2D eigenvalue weighted by Crippen LogP contribution is 2.28. The first-order valence-corrected chi connectivity index (χ1v) is 9.63. The van der Waals surface area contributed by atoms with Gasteiger partial charge in [0, 0.05) is 38.6 Å². The van der Waals surface area contributed by atoms with Gasteiger partial charge in [0.25, 0.3) is 5.91 Å². The van der Waals surface area contributed by atoms with Crippen molar-refractivity contribution in [2.24, 2.45) is 0 Å². The van der Waals surface area contributed by atoms with Gasteiger partial charge in [-0.05, 0) is 30.3 Å². The van der Waals surface area contributed by atoms with E-state index in [-0.39, 0.29) is 5.91 Å². The third-order valence-corrected chi connectivity index (χ3v) is 5.02. The monoisotopic (exact) mass is 392 g/mol. The number of hydrogen-bond acceptors (Lipinski definition) is 6. The second-order valence-corrected chi connectivity index (χ2v) is 6.85. The normalized spacial score (nSPS) is 14.0. The third kappa shape index (κ3) is 4.34. The molecule has 1 amide bonds. The molecule has 1 fully saturated rings. The fourth-order valence-electron chi connectivity index (χ4n) is 3.48. The average Bonchev–Trinajstić information content (AvgIpc) is 3.31. The average molecular weight is 392 g/mol. The molecule has 3 aromatic rings. The fourth-order valence-corrected chi connectivity index (χ4v) is 3.48. The number of benzene rings is 1. The number of rotatable bonds is 6. The minimum absolute atomic E-state index is 0.00109. The number of nitrogens with zero attached hydrogens (tertiary/aromatic N) is 3. The smallest absolute Gasteiger partial charge is 0.255 e. The van der Waals surface area contributed by atoms with Crippen LogP contribution in [0.5, 0.6) is 5.75 Å². The lowest BCUT2D eigenvalue weighted by atomic mass is 10.2. The van der Waals surface area contributed by atoms with Crippen LogP contribution in [-0.4, -0.2) is 49.1 Å². The second kappa shape index (κ2) is 8.68. The van der Waals surface area contributed by atoms with Crippen molar-refractivity contribution in [2.45, 2.75) is 6.54 Å². The molecule has 29 heavy (non-hydrogen) atoms. The molecule has 1 aromatic carbocycles. The third-order valence-electron chi connectivity index (χ3n) is 5.02. The van der Waals surface area contributed by atoms with E-state index in [1.807, 2.05) is 47.4 Å². The summed E-state index contributed by atoms with van der Waals surface area (Å²) in [6.45, 7) is 3.37. The van der Waals surface area contributed by atoms with Crippen LogP contribution in [0, 0.1) is 0 Å². The van der Waals surface area contributed by atoms with Crippen LogP contribution in [0.4, 0.5) is 11.4 Å². The Kier molecular flexibility index (Phi) is 5.65. The van der Waals surface area contributed by atoms with E-state index >= 15 is 0 Å². The number of aromatic nitrogens is 1. The Hall–Kier alpha value is -3.48. The van der Waals surface area contributed by atoms with Gasteiger partial charge in [-0.1, -0.05) is 12.1 Å². The minimum atomic E-state index is -0.00109. The number of methoxy groups -OCH3 is 1. The van der Waals surface area contributed by atoms with Gasteiger partial charge in [-0.25, -0.2) is 0 Å². The van der Waals surface area contributed by atoms with Crippen molar-refractivity contribution in [3.05, 3.63) is 72.4 Å². The predicted molar refractivity (Wildman–Crippen MR) is 111 cm³/mol. The van der Waals surface area contributed by atoms with Gasteiger partial charge < -0.3 is 24.3 Å². The lowest BCUT2D eigenvalue weighted by Crippen LogP contribution is -2.48. The van der Waals surface area contributed by atoms with E-state index in [4.69, 9.17) is 9.15 Å². The Balaban J connectivity index is 1.37. The van der Waals surface area contributed by atoms with Gasteiger partial charge >= 0.3 is 0 Å². The van der Waals surface area contributed by atoms with Crippen LogP contribution in [-0.2, 0) is 6.54 Å². The van der Waals surface area contributed by atoms with E-state index in [1.165, 1.54) is 0 Å². The van der Waals surface area contributed by atoms with Crippen LogP contribution in [0.25, 0.3) is 0 Å². The summed E-state index contributed by atoms with van der Waals surface area (Å²) in [6.07, 6.45) is 4.96. The van der Waals surface area contributed by atoms with E-state index in [2.05, 4.69) is 15.2 Å². The molecule has 0 bridgehead atoms. The van der Waals surface area contributed by atoms with Gasteiger partial charge in [0.15, 0.2) is 0 Å². The number of carbonyl (C=O) groups is 1. The van der Waals surface area contributed by atoms with Crippen LogP contribution in [0.3, 0.4) is 0 Å². The molecule has 0 saturated carbocycles. The quantitative estimate of drug-likeness (QED) is 0.694. The minimum Gasteiger partial charge on any atom is -0.495 e. The van der Waals surface area contributed by atoms with E-state index < -0.39 is 0 Å². The zero-order valence-electron chi connectivity index (χ0n) is 16.4. The molecule has 1 aliphatic heterocycles. The molecule has 0 spiro atoms. The second-order valence-electron chi connectivity index (χ2n) is 6.85. The first-order valence-electron chi connectivity index (χ1n) is 9.63. The Bertz CT molecular complexity index is 950. The maximum atomic E-state index is 12.9. The molecular formula is C22H24N4O3. The number of pyridine rings is 1. The molecule has 0 atom stereocenters. The number of furan rings is 1. The van der Waals surface area contributed by atoms with Crippen LogP contribution in [0.15, 0.2) is 65.5 Å². The van der Waals surface area contributed by atoms with Gasteiger partial charge in [0.05, 0.1) is 36.9 Å². The lowest BCUT2D eigenvalue weighted by Gasteiger charge is -2.36. The molecule has 0 radical (unpaired) electrons. The van der Waals surface area contributed by atoms with Crippen molar-refractivity contribution in [2.75, 3.05) is 43.5 Å². The van der Waals surface area contributed by atoms with Crippen LogP contribution in [0.1, 0.15) is 16.1 Å². The number of carbonyl (C=O) groups excluding carboxylic acids is 1. The molecule has 7 heteroatoms. The van der Waals surface area contributed by atoms with Crippen molar-refractivity contribution >= 4 is 17.3 Å². The van der Waals surface area contributed by atoms with E-state index in [1.54, 1.807) is 25.8 Å². The SMILES string of the molecule is COc1ccccc1N1CCN(C(=O)c2cncc(NCc3ccco3)c2)CC1. The summed E-state index contributed by atoms with van der Waals surface area (Å²) < 4.78 is 10.8. The Morgan fingerprint density at radius 3 is 2.72 bits per heavy atom. The number of piperazine rings is 1. The van der Waals surface area contributed by atoms with Crippen molar-refractivity contribution in [3.8, 4) is 5.75 Å². The maximum absolute atomic E-state index is 12.9. The molecule has 4 rings (SSSR count). The van der Waals surface area contributed by atoms with Gasteiger partial charge in [-0.15, -0.1) is 0 Å². The first-order chi connectivity index (χ1) is 14.2. The fraction of sp³-hybridized carbons (Fsp3) is 0.273. The van der Waals surface area contributed by atoms with Crippen molar-refractivity contribution in [1.29, 1.82) is 0 Å². The van der Waals surface area contributed by atoms with Gasteiger partial charge in [-0.3, -0.25) is 9.78 Å². The van der Waals surface area contributed by atoms with Gasteiger partial charge in [-0.2, -0.15) is 0 Å². The highest BCUT2D eigenvalue weighted by atomic mass is 16.5. The summed E-state index contributed by atoms with van der Waals surface area (Å²) in [7, 11) is 1.68. The summed E-state index contributed by atoms with van der Waals surface area (Å²) in [5.74, 6) is 1.68. The zero-order valence-corrected chi connectivity index (χ0v) is 16.4. The summed E-state index contributed by atoms with van der Waals surface area (Å²) in [5, 5.41) is 3.24. The largest absolute Gasteiger partial charge is 0.495 e. The van der Waals surface area contributed by atoms with Crippen LogP contribution < -0.4 is 15.0 Å². The van der Waals surface area contributed by atoms with Crippen molar-refractivity contribution in [3.63, 3.8) is 0 Å². The molecular weight excluding hydrogens is 368 g/mol. The van der Waals surface area contributed by atoms with Crippen LogP contribution in [0.2, 0.25) is 0 Å². The number of ether oxygens (including phenoxy) is 1. The van der Waals surface area contributed by atoms with E-state index in [0.717, 1.165) is 36.0 Å². The molecule has 150 valence electrons. The molecule has 1 aliphatic rings. The van der Waals surface area contributed by atoms with Gasteiger partial charge in [0.2, 0.25) is 0 Å². The Morgan fingerprint density at radius 2 is 1.97 bits per heavy atom. The molecule has 3 heterocycles. The lowest BCUT2D eigenvalue weighted by molar-refractivity contribution is 0.0746. The highest BCUT2D eigenvalue weighted by molar-refractivity contribution is 5.95. The summed E-state index contributed by atoms with van der Waals surface area (Å²) in [5.41, 5.74) is 2.44. The van der Waals surface area contributed by atoms with Gasteiger partial charge in [0.1, 0.15) is 11.5 Å². The number of nitrogens with one attached hydrogen (secondary N) is 1. The highest BCUT2D eigenvalue weighted by Gasteiger charge is 2.24. The summed E-state index contributed by atoms with van der Waals surface area (Å²) >= 11 is 0. The van der Waals surface area contributed by atoms with Crippen molar-refractivity contribution in [1.82, 2.24) is 9.88 Å². The number of hydrogen-bond donors (Lipinski definition) is 1. The standard InChI is InChI=1S/C22H24N4O3/c1-28-21-7-3-2-6-20(21)25-8-10-26(11-9-25)22(27)17-13-18(15-23-14-17)24-16-19-5-4-12-29-19/h2-7,12-15,24H,8-11,16H2,1H3. The molecule has 7 nitrogen and oxygen atoms in total. The Labute approximate surface area is 169 Å². The van der Waals surface area contributed by atoms with E-state index in [9.17, 15) is 4.79 Å². The Morgan fingerprint density at radius 1 is 1.14 bits per heavy atom. The molecule has 0 aliphatic carbocycles. The molecule has 1 saturated heterocycles. The molecule has 1 N–H and O–H groups in total. The predicted octanol–water partition coefficient (Wildman–Crippen LogP) is 3.26. The summed E-state index contributed by atoms with van der Waals surface area (Å²) in [4.78, 5) is 21.3. The molecule has 2 aromatic heterocycles. The summed E-state index contributed by atoms with van der Waals surface area (Å²) in [6, 6.07) is 13.6. The first kappa shape index (κ1) is 18.9. The number of amides is 1.